The van der Waals surface area contributed by atoms with Crippen LogP contribution in [-0.4, -0.2) is 12.6 Å². The number of carbonyl (C=O) groups excluding carboxylic acids is 1. The van der Waals surface area contributed by atoms with Crippen LogP contribution in [0, 0.1) is 17.1 Å². The first-order valence-electron chi connectivity index (χ1n) is 4.70. The van der Waals surface area contributed by atoms with Crippen molar-refractivity contribution in [1.29, 1.82) is 5.26 Å². The lowest BCUT2D eigenvalue weighted by molar-refractivity contribution is 0.0519. The summed E-state index contributed by atoms with van der Waals surface area (Å²) < 4.78 is 43.0. The summed E-state index contributed by atoms with van der Waals surface area (Å²) >= 11 is 0. The van der Waals surface area contributed by atoms with Gasteiger partial charge in [0.25, 0.3) is 6.43 Å². The Bertz CT molecular complexity index is 480. The van der Waals surface area contributed by atoms with Crippen molar-refractivity contribution >= 4 is 5.97 Å². The molecule has 0 aliphatic heterocycles. The molecule has 0 aliphatic rings. The Morgan fingerprint density at radius 3 is 2.65 bits per heavy atom. The van der Waals surface area contributed by atoms with Gasteiger partial charge in [0.1, 0.15) is 5.82 Å². The van der Waals surface area contributed by atoms with Crippen molar-refractivity contribution in [3.63, 3.8) is 0 Å². The molecule has 0 bridgehead atoms. The van der Waals surface area contributed by atoms with Gasteiger partial charge in [0.15, 0.2) is 0 Å². The van der Waals surface area contributed by atoms with Gasteiger partial charge in [-0.15, -0.1) is 0 Å². The average molecular weight is 243 g/mol. The molecule has 0 heterocycles. The molecule has 0 unspecified atom stereocenters. The van der Waals surface area contributed by atoms with E-state index in [0.717, 1.165) is 6.07 Å². The Hall–Kier alpha value is -2.03. The van der Waals surface area contributed by atoms with Gasteiger partial charge in [-0.05, 0) is 19.1 Å². The fourth-order valence-corrected chi connectivity index (χ4v) is 1.23. The first kappa shape index (κ1) is 13.0. The second kappa shape index (κ2) is 5.34. The Kier molecular flexibility index (Phi) is 4.10. The summed E-state index contributed by atoms with van der Waals surface area (Å²) in [4.78, 5) is 11.3. The highest BCUT2D eigenvalue weighted by Gasteiger charge is 2.22. The molecule has 6 heteroatoms. The quantitative estimate of drug-likeness (QED) is 0.767. The summed E-state index contributed by atoms with van der Waals surface area (Å²) in [6.45, 7) is 1.48. The van der Waals surface area contributed by atoms with Gasteiger partial charge in [-0.2, -0.15) is 5.26 Å². The molecule has 0 aliphatic carbocycles. The molecular formula is C11H8F3NO2. The minimum Gasteiger partial charge on any atom is -0.462 e. The van der Waals surface area contributed by atoms with Gasteiger partial charge in [-0.1, -0.05) is 0 Å². The molecule has 0 amide bonds. The number of hydrogen-bond acceptors (Lipinski definition) is 3. The van der Waals surface area contributed by atoms with Crippen LogP contribution in [0.1, 0.15) is 34.8 Å². The molecule has 0 N–H and O–H groups in total. The van der Waals surface area contributed by atoms with Gasteiger partial charge in [0, 0.05) is 0 Å². The molecular weight excluding hydrogens is 235 g/mol. The number of benzene rings is 1. The van der Waals surface area contributed by atoms with Crippen molar-refractivity contribution in [1.82, 2.24) is 0 Å². The molecule has 1 rings (SSSR count). The predicted molar refractivity (Wildman–Crippen MR) is 52.0 cm³/mol. The third-order valence-corrected chi connectivity index (χ3v) is 1.96. The number of esters is 1. The van der Waals surface area contributed by atoms with Crippen LogP contribution in [0.15, 0.2) is 12.1 Å². The fraction of sp³-hybridized carbons (Fsp3) is 0.273. The summed E-state index contributed by atoms with van der Waals surface area (Å²) in [5.41, 5.74) is -1.85. The first-order chi connectivity index (χ1) is 8.01. The van der Waals surface area contributed by atoms with E-state index in [1.54, 1.807) is 6.07 Å². The number of nitriles is 1. The summed E-state index contributed by atoms with van der Waals surface area (Å²) in [5.74, 6) is -2.42. The van der Waals surface area contributed by atoms with Crippen molar-refractivity contribution in [2.75, 3.05) is 6.61 Å². The van der Waals surface area contributed by atoms with E-state index in [0.29, 0.717) is 6.07 Å². The minimum atomic E-state index is -3.10. The largest absolute Gasteiger partial charge is 0.462 e. The highest BCUT2D eigenvalue weighted by molar-refractivity contribution is 5.90. The zero-order valence-electron chi connectivity index (χ0n) is 8.84. The number of alkyl halides is 2. The van der Waals surface area contributed by atoms with Gasteiger partial charge < -0.3 is 4.74 Å². The molecule has 0 atom stereocenters. The SMILES string of the molecule is CCOC(=O)c1cc(C#N)cc(C(F)F)c1F. The van der Waals surface area contributed by atoms with E-state index in [2.05, 4.69) is 4.74 Å². The maximum atomic E-state index is 13.5. The lowest BCUT2D eigenvalue weighted by Crippen LogP contribution is -2.10. The Morgan fingerprint density at radius 1 is 1.53 bits per heavy atom. The average Bonchev–Trinajstić information content (AvgIpc) is 2.29. The number of hydrogen-bond donors (Lipinski definition) is 0. The Balaban J connectivity index is 3.35. The number of halogens is 3. The van der Waals surface area contributed by atoms with E-state index in [4.69, 9.17) is 5.26 Å². The van der Waals surface area contributed by atoms with Gasteiger partial charge in [-0.3, -0.25) is 0 Å². The maximum absolute atomic E-state index is 13.5. The topological polar surface area (TPSA) is 50.1 Å². The van der Waals surface area contributed by atoms with E-state index in [9.17, 15) is 18.0 Å². The highest BCUT2D eigenvalue weighted by atomic mass is 19.3. The first-order valence-corrected chi connectivity index (χ1v) is 4.70. The zero-order valence-corrected chi connectivity index (χ0v) is 8.84. The normalized spacial score (nSPS) is 10.1. The molecule has 1 aromatic carbocycles. The molecule has 0 aromatic heterocycles. The lowest BCUT2D eigenvalue weighted by atomic mass is 10.1. The Morgan fingerprint density at radius 2 is 2.18 bits per heavy atom. The summed E-state index contributed by atoms with van der Waals surface area (Å²) in [7, 11) is 0. The van der Waals surface area contributed by atoms with Crippen LogP contribution >= 0.6 is 0 Å². The van der Waals surface area contributed by atoms with E-state index in [1.165, 1.54) is 6.92 Å². The molecule has 17 heavy (non-hydrogen) atoms. The van der Waals surface area contributed by atoms with Gasteiger partial charge >= 0.3 is 5.97 Å². The summed E-state index contributed by atoms with van der Waals surface area (Å²) in [6, 6.07) is 3.18. The van der Waals surface area contributed by atoms with Gasteiger partial charge in [-0.25, -0.2) is 18.0 Å². The van der Waals surface area contributed by atoms with Gasteiger partial charge in [0.2, 0.25) is 0 Å². The molecule has 0 fully saturated rings. The van der Waals surface area contributed by atoms with Crippen molar-refractivity contribution in [2.45, 2.75) is 13.3 Å². The van der Waals surface area contributed by atoms with E-state index in [1.807, 2.05) is 0 Å². The number of carbonyl (C=O) groups is 1. The molecule has 0 saturated carbocycles. The predicted octanol–water partition coefficient (Wildman–Crippen LogP) is 2.81. The molecule has 1 aromatic rings. The maximum Gasteiger partial charge on any atom is 0.341 e. The van der Waals surface area contributed by atoms with Crippen molar-refractivity contribution < 1.29 is 22.7 Å². The van der Waals surface area contributed by atoms with Crippen LogP contribution in [0.4, 0.5) is 13.2 Å². The second-order valence-electron chi connectivity index (χ2n) is 3.06. The van der Waals surface area contributed by atoms with Crippen LogP contribution < -0.4 is 0 Å². The molecule has 0 saturated heterocycles. The molecule has 0 spiro atoms. The molecule has 0 radical (unpaired) electrons. The fourth-order valence-electron chi connectivity index (χ4n) is 1.23. The third-order valence-electron chi connectivity index (χ3n) is 1.96. The number of ether oxygens (including phenoxy) is 1. The number of nitrogens with zero attached hydrogens (tertiary/aromatic N) is 1. The number of rotatable bonds is 3. The van der Waals surface area contributed by atoms with Crippen LogP contribution in [0.5, 0.6) is 0 Å². The van der Waals surface area contributed by atoms with E-state index in [-0.39, 0.29) is 12.2 Å². The van der Waals surface area contributed by atoms with Gasteiger partial charge in [0.05, 0.1) is 29.4 Å². The Labute approximate surface area is 95.4 Å². The van der Waals surface area contributed by atoms with Crippen LogP contribution in [-0.2, 0) is 4.74 Å². The smallest absolute Gasteiger partial charge is 0.341 e. The third kappa shape index (κ3) is 2.75. The monoisotopic (exact) mass is 243 g/mol. The van der Waals surface area contributed by atoms with Crippen molar-refractivity contribution in [3.05, 3.63) is 34.6 Å². The lowest BCUT2D eigenvalue weighted by Gasteiger charge is -2.08. The standard InChI is InChI=1S/C11H8F3NO2/c1-2-17-11(16)8-4-6(5-15)3-7(9(8)12)10(13)14/h3-4,10H,2H2,1H3. The van der Waals surface area contributed by atoms with E-state index >= 15 is 0 Å². The summed E-state index contributed by atoms with van der Waals surface area (Å²) in [5, 5.41) is 8.60. The minimum absolute atomic E-state index is 0.0148. The van der Waals surface area contributed by atoms with Crippen molar-refractivity contribution in [3.8, 4) is 6.07 Å². The zero-order chi connectivity index (χ0) is 13.0. The highest BCUT2D eigenvalue weighted by Crippen LogP contribution is 2.26. The van der Waals surface area contributed by atoms with Crippen LogP contribution in [0.3, 0.4) is 0 Å². The second-order valence-corrected chi connectivity index (χ2v) is 3.06. The van der Waals surface area contributed by atoms with Crippen LogP contribution in [0.2, 0.25) is 0 Å². The van der Waals surface area contributed by atoms with Crippen LogP contribution in [0.25, 0.3) is 0 Å². The molecule has 3 nitrogen and oxygen atoms in total. The summed E-state index contributed by atoms with van der Waals surface area (Å²) in [6.07, 6.45) is -3.10. The van der Waals surface area contributed by atoms with Crippen molar-refractivity contribution in [2.24, 2.45) is 0 Å². The van der Waals surface area contributed by atoms with E-state index < -0.39 is 29.3 Å². The molecule has 90 valence electrons.